The van der Waals surface area contributed by atoms with Crippen molar-refractivity contribution in [3.8, 4) is 0 Å². The number of carbonyl (C=O) groups is 2. The average molecular weight is 455 g/mol. The minimum Gasteiger partial charge on any atom is -0.351 e. The maximum atomic E-state index is 13.6. The molecule has 1 aromatic heterocycles. The minimum atomic E-state index is -0.903. The third kappa shape index (κ3) is 2.00. The molecule has 2 saturated heterocycles. The van der Waals surface area contributed by atoms with Crippen molar-refractivity contribution in [1.29, 1.82) is 0 Å². The van der Waals surface area contributed by atoms with E-state index in [0.717, 1.165) is 24.1 Å². The number of rotatable bonds is 2. The number of ether oxygens (including phenoxy) is 1. The zero-order chi connectivity index (χ0) is 22.8. The summed E-state index contributed by atoms with van der Waals surface area (Å²) in [5, 5.41) is 3.40. The minimum absolute atomic E-state index is 0.119. The van der Waals surface area contributed by atoms with Gasteiger partial charge in [-0.25, -0.2) is 9.88 Å². The summed E-state index contributed by atoms with van der Waals surface area (Å²) in [5.74, 6) is 0.418. The SMILES string of the molecule is O=C1NCc2nc3ccccc3c(=O)n2[C@H]1C[C@]12OCN3[C@@H]1N(C(=O)C31CC1)c1ccccc12. The molecule has 0 radical (unpaired) electrons. The number of anilines is 1. The number of fused-ring (bicyclic) bond motifs is 6. The summed E-state index contributed by atoms with van der Waals surface area (Å²) < 4.78 is 8.10. The van der Waals surface area contributed by atoms with Gasteiger partial charge in [-0.2, -0.15) is 0 Å². The Morgan fingerprint density at radius 3 is 2.71 bits per heavy atom. The second-order valence-corrected chi connectivity index (χ2v) is 9.89. The smallest absolute Gasteiger partial charge is 0.262 e. The second-order valence-electron chi connectivity index (χ2n) is 9.89. The van der Waals surface area contributed by atoms with Gasteiger partial charge in [-0.1, -0.05) is 30.3 Å². The summed E-state index contributed by atoms with van der Waals surface area (Å²) >= 11 is 0. The maximum absolute atomic E-state index is 13.6. The summed E-state index contributed by atoms with van der Waals surface area (Å²) in [7, 11) is 0. The highest BCUT2D eigenvalue weighted by Gasteiger charge is 2.75. The highest BCUT2D eigenvalue weighted by molar-refractivity contribution is 6.07. The lowest BCUT2D eigenvalue weighted by atomic mass is 9.85. The Labute approximate surface area is 193 Å². The molecule has 2 aromatic carbocycles. The molecule has 5 aliphatic rings. The van der Waals surface area contributed by atoms with E-state index in [2.05, 4.69) is 15.2 Å². The lowest BCUT2D eigenvalue weighted by Crippen LogP contribution is -2.51. The molecule has 3 atom stereocenters. The molecule has 1 spiro atoms. The molecule has 9 heteroatoms. The first-order chi connectivity index (χ1) is 16.6. The molecule has 0 bridgehead atoms. The number of benzene rings is 2. The molecule has 170 valence electrons. The van der Waals surface area contributed by atoms with Crippen LogP contribution in [-0.4, -0.2) is 44.7 Å². The van der Waals surface area contributed by atoms with Crippen molar-refractivity contribution in [1.82, 2.24) is 19.8 Å². The van der Waals surface area contributed by atoms with Gasteiger partial charge in [-0.15, -0.1) is 0 Å². The predicted octanol–water partition coefficient (Wildman–Crippen LogP) is 1.36. The Hall–Kier alpha value is -3.56. The Kier molecular flexibility index (Phi) is 3.28. The van der Waals surface area contributed by atoms with Crippen molar-refractivity contribution in [2.75, 3.05) is 11.6 Å². The molecule has 9 nitrogen and oxygen atoms in total. The van der Waals surface area contributed by atoms with Crippen LogP contribution >= 0.6 is 0 Å². The summed E-state index contributed by atoms with van der Waals surface area (Å²) in [6.45, 7) is 0.524. The molecule has 1 saturated carbocycles. The molecule has 1 aliphatic carbocycles. The third-order valence-corrected chi connectivity index (χ3v) is 8.34. The number of nitrogens with one attached hydrogen (secondary N) is 1. The molecule has 3 aromatic rings. The standard InChI is InChI=1S/C25H21N5O4/c31-20-18(29-19(12-26-20)27-16-7-3-1-5-14(16)21(29)32)11-25-15-6-2-4-8-17(15)30-22(25)28(13-34-25)24(9-10-24)23(30)33/h1-8,18,22H,9-13H2,(H,26,31)/t18-,22+,25+/m0/s1. The topological polar surface area (TPSA) is 96.8 Å². The quantitative estimate of drug-likeness (QED) is 0.627. The summed E-state index contributed by atoms with van der Waals surface area (Å²) in [6, 6.07) is 14.2. The molecule has 2 amide bonds. The normalized spacial score (nSPS) is 29.9. The fraction of sp³-hybridized carbons (Fsp3) is 0.360. The maximum Gasteiger partial charge on any atom is 0.262 e. The van der Waals surface area contributed by atoms with Crippen LogP contribution in [0.1, 0.15) is 36.7 Å². The van der Waals surface area contributed by atoms with Gasteiger partial charge in [0.25, 0.3) is 5.56 Å². The number of hydrogen-bond donors (Lipinski definition) is 1. The van der Waals surface area contributed by atoms with Crippen LogP contribution in [0.3, 0.4) is 0 Å². The molecule has 4 aliphatic heterocycles. The van der Waals surface area contributed by atoms with Crippen molar-refractivity contribution < 1.29 is 14.3 Å². The molecule has 3 fully saturated rings. The molecule has 5 heterocycles. The van der Waals surface area contributed by atoms with Gasteiger partial charge in [-0.05, 0) is 31.0 Å². The lowest BCUT2D eigenvalue weighted by molar-refractivity contribution is -0.129. The van der Waals surface area contributed by atoms with E-state index in [4.69, 9.17) is 4.74 Å². The largest absolute Gasteiger partial charge is 0.351 e. The van der Waals surface area contributed by atoms with Crippen molar-refractivity contribution in [3.63, 3.8) is 0 Å². The van der Waals surface area contributed by atoms with Crippen LogP contribution in [0.15, 0.2) is 53.3 Å². The first kappa shape index (κ1) is 18.8. The van der Waals surface area contributed by atoms with E-state index in [1.54, 1.807) is 12.1 Å². The van der Waals surface area contributed by atoms with Gasteiger partial charge < -0.3 is 10.1 Å². The van der Waals surface area contributed by atoms with Crippen LogP contribution in [0.5, 0.6) is 0 Å². The number of para-hydroxylation sites is 2. The zero-order valence-electron chi connectivity index (χ0n) is 18.2. The zero-order valence-corrected chi connectivity index (χ0v) is 18.2. The van der Waals surface area contributed by atoms with Gasteiger partial charge >= 0.3 is 0 Å². The van der Waals surface area contributed by atoms with E-state index in [0.29, 0.717) is 23.5 Å². The molecule has 34 heavy (non-hydrogen) atoms. The van der Waals surface area contributed by atoms with Gasteiger partial charge in [0.1, 0.15) is 35.9 Å². The van der Waals surface area contributed by atoms with Crippen molar-refractivity contribution in [3.05, 3.63) is 70.3 Å². The van der Waals surface area contributed by atoms with Crippen molar-refractivity contribution in [2.45, 2.75) is 49.2 Å². The fourth-order valence-electron chi connectivity index (χ4n) is 6.65. The van der Waals surface area contributed by atoms with Gasteiger partial charge in [0.15, 0.2) is 0 Å². The van der Waals surface area contributed by atoms with Gasteiger partial charge in [0, 0.05) is 12.0 Å². The first-order valence-electron chi connectivity index (χ1n) is 11.7. The van der Waals surface area contributed by atoms with Gasteiger partial charge in [-0.3, -0.25) is 23.9 Å². The van der Waals surface area contributed by atoms with Crippen LogP contribution in [0, 0.1) is 0 Å². The molecular formula is C25H21N5O4. The Morgan fingerprint density at radius 1 is 1.06 bits per heavy atom. The second kappa shape index (κ2) is 5.92. The lowest BCUT2D eigenvalue weighted by Gasteiger charge is -2.35. The Balaban J connectivity index is 1.32. The number of hydrogen-bond acceptors (Lipinski definition) is 6. The first-order valence-corrected chi connectivity index (χ1v) is 11.7. The third-order valence-electron chi connectivity index (χ3n) is 8.34. The van der Waals surface area contributed by atoms with E-state index in [-0.39, 0.29) is 36.5 Å². The van der Waals surface area contributed by atoms with Gasteiger partial charge in [0.05, 0.1) is 23.1 Å². The van der Waals surface area contributed by atoms with E-state index in [1.807, 2.05) is 41.3 Å². The summed E-state index contributed by atoms with van der Waals surface area (Å²) in [4.78, 5) is 49.1. The molecule has 8 rings (SSSR count). The highest BCUT2D eigenvalue weighted by atomic mass is 16.5. The number of amides is 2. The number of carbonyl (C=O) groups excluding carboxylic acids is 2. The molecule has 1 N–H and O–H groups in total. The van der Waals surface area contributed by atoms with Crippen LogP contribution in [0.4, 0.5) is 5.69 Å². The predicted molar refractivity (Wildman–Crippen MR) is 121 cm³/mol. The van der Waals surface area contributed by atoms with Crippen LogP contribution in [0.2, 0.25) is 0 Å². The molecular weight excluding hydrogens is 434 g/mol. The number of aromatic nitrogens is 2. The molecule has 0 unspecified atom stereocenters. The van der Waals surface area contributed by atoms with E-state index >= 15 is 0 Å². The average Bonchev–Trinajstić information content (AvgIpc) is 3.42. The fourth-order valence-corrected chi connectivity index (χ4v) is 6.65. The van der Waals surface area contributed by atoms with Crippen molar-refractivity contribution in [2.24, 2.45) is 0 Å². The van der Waals surface area contributed by atoms with Crippen LogP contribution in [0.25, 0.3) is 10.9 Å². The summed E-state index contributed by atoms with van der Waals surface area (Å²) in [5.41, 5.74) is 0.737. The van der Waals surface area contributed by atoms with E-state index < -0.39 is 17.2 Å². The van der Waals surface area contributed by atoms with Crippen LogP contribution < -0.4 is 15.8 Å². The summed E-state index contributed by atoms with van der Waals surface area (Å²) in [6.07, 6.45) is 1.57. The Bertz CT molecular complexity index is 1510. The van der Waals surface area contributed by atoms with Crippen LogP contribution in [-0.2, 0) is 26.5 Å². The van der Waals surface area contributed by atoms with E-state index in [1.165, 1.54) is 4.57 Å². The number of nitrogens with zero attached hydrogens (tertiary/aromatic N) is 4. The van der Waals surface area contributed by atoms with Crippen molar-refractivity contribution >= 4 is 28.4 Å². The van der Waals surface area contributed by atoms with Gasteiger partial charge in [0.2, 0.25) is 11.8 Å². The monoisotopic (exact) mass is 455 g/mol. The Morgan fingerprint density at radius 2 is 1.85 bits per heavy atom. The van der Waals surface area contributed by atoms with E-state index in [9.17, 15) is 14.4 Å². The highest BCUT2D eigenvalue weighted by Crippen LogP contribution is 2.63.